The van der Waals surface area contributed by atoms with Crippen molar-refractivity contribution in [2.24, 2.45) is 5.92 Å². The molecule has 0 amide bonds. The summed E-state index contributed by atoms with van der Waals surface area (Å²) in [6.07, 6.45) is 1.03. The minimum atomic E-state index is -0.689. The average molecular weight is 350 g/mol. The molecule has 5 nitrogen and oxygen atoms in total. The highest BCUT2D eigenvalue weighted by atomic mass is 16.7. The van der Waals surface area contributed by atoms with E-state index in [0.29, 0.717) is 18.6 Å². The Kier molecular flexibility index (Phi) is 9.03. The van der Waals surface area contributed by atoms with Gasteiger partial charge in [-0.3, -0.25) is 0 Å². The molecular weight excluding hydrogens is 320 g/mol. The summed E-state index contributed by atoms with van der Waals surface area (Å²) in [5.74, 6) is -0.114. The number of hydrogen-bond acceptors (Lipinski definition) is 5. The second kappa shape index (κ2) is 10.7. The van der Waals surface area contributed by atoms with Gasteiger partial charge in [0, 0.05) is 6.42 Å². The third-order valence-electron chi connectivity index (χ3n) is 3.53. The molecule has 2 unspecified atom stereocenters. The maximum Gasteiger partial charge on any atom is 0.508 e. The van der Waals surface area contributed by atoms with Gasteiger partial charge in [-0.1, -0.05) is 39.3 Å². The van der Waals surface area contributed by atoms with Crippen LogP contribution < -0.4 is 0 Å². The van der Waals surface area contributed by atoms with Crippen molar-refractivity contribution < 1.29 is 23.8 Å². The highest BCUT2D eigenvalue weighted by Gasteiger charge is 2.18. The summed E-state index contributed by atoms with van der Waals surface area (Å²) in [6, 6.07) is 7.45. The van der Waals surface area contributed by atoms with Crippen molar-refractivity contribution in [3.63, 3.8) is 0 Å². The molecule has 25 heavy (non-hydrogen) atoms. The van der Waals surface area contributed by atoms with Crippen LogP contribution in [0.25, 0.3) is 0 Å². The Labute approximate surface area is 150 Å². The van der Waals surface area contributed by atoms with Crippen LogP contribution >= 0.6 is 0 Å². The first kappa shape index (κ1) is 21.0. The minimum Gasteiger partial charge on any atom is -0.459 e. The molecule has 2 atom stereocenters. The van der Waals surface area contributed by atoms with Gasteiger partial charge in [0.1, 0.15) is 12.2 Å². The molecular formula is C20H30O5. The number of esters is 1. The van der Waals surface area contributed by atoms with Gasteiger partial charge in [0.15, 0.2) is 0 Å². The molecule has 0 aliphatic heterocycles. The molecule has 0 N–H and O–H groups in total. The quantitative estimate of drug-likeness (QED) is 0.600. The predicted octanol–water partition coefficient (Wildman–Crippen LogP) is 4.77. The smallest absolute Gasteiger partial charge is 0.459 e. The van der Waals surface area contributed by atoms with Gasteiger partial charge in [-0.25, -0.2) is 9.59 Å². The van der Waals surface area contributed by atoms with E-state index in [2.05, 4.69) is 6.92 Å². The maximum absolute atomic E-state index is 12.2. The van der Waals surface area contributed by atoms with E-state index >= 15 is 0 Å². The minimum absolute atomic E-state index is 0.256. The topological polar surface area (TPSA) is 61.8 Å². The zero-order valence-electron chi connectivity index (χ0n) is 15.9. The second-order valence-electron chi connectivity index (χ2n) is 6.78. The van der Waals surface area contributed by atoms with Crippen LogP contribution in [0.3, 0.4) is 0 Å². The molecule has 1 aromatic rings. The van der Waals surface area contributed by atoms with Crippen molar-refractivity contribution in [1.29, 1.82) is 0 Å². The number of carbonyl (C=O) groups excluding carboxylic acids is 2. The first-order valence-corrected chi connectivity index (χ1v) is 8.95. The van der Waals surface area contributed by atoms with Gasteiger partial charge in [-0.15, -0.1) is 0 Å². The van der Waals surface area contributed by atoms with Crippen molar-refractivity contribution in [2.75, 3.05) is 6.61 Å². The molecule has 0 heterocycles. The van der Waals surface area contributed by atoms with Crippen LogP contribution in [0.1, 0.15) is 63.4 Å². The van der Waals surface area contributed by atoms with Crippen molar-refractivity contribution in [3.8, 4) is 0 Å². The molecule has 0 aliphatic rings. The normalized spacial score (nSPS) is 13.2. The lowest BCUT2D eigenvalue weighted by molar-refractivity contribution is -0.00240. The standard InChI is InChI=1S/C20H30O5/c1-6-7-17-8-10-18(11-9-17)19(21)24-15(4)12-16(5)25-20(22)23-13-14(2)3/h8-11,14-16H,6-7,12-13H2,1-5H3. The van der Waals surface area contributed by atoms with Gasteiger partial charge in [0.25, 0.3) is 0 Å². The first-order valence-electron chi connectivity index (χ1n) is 8.95. The molecule has 0 bridgehead atoms. The fraction of sp³-hybridized carbons (Fsp3) is 0.600. The molecule has 0 fully saturated rings. The van der Waals surface area contributed by atoms with E-state index in [1.54, 1.807) is 26.0 Å². The van der Waals surface area contributed by atoms with Crippen LogP contribution in [0.2, 0.25) is 0 Å². The molecule has 1 aromatic carbocycles. The van der Waals surface area contributed by atoms with E-state index in [4.69, 9.17) is 14.2 Å². The van der Waals surface area contributed by atoms with Crippen molar-refractivity contribution in [3.05, 3.63) is 35.4 Å². The molecule has 0 aliphatic carbocycles. The lowest BCUT2D eigenvalue weighted by Gasteiger charge is -2.18. The summed E-state index contributed by atoms with van der Waals surface area (Å²) in [6.45, 7) is 9.87. The van der Waals surface area contributed by atoms with E-state index in [-0.39, 0.29) is 18.0 Å². The van der Waals surface area contributed by atoms with E-state index in [1.807, 2.05) is 26.0 Å². The van der Waals surface area contributed by atoms with Gasteiger partial charge in [-0.05, 0) is 43.9 Å². The van der Waals surface area contributed by atoms with Crippen LogP contribution in [0.5, 0.6) is 0 Å². The van der Waals surface area contributed by atoms with Crippen molar-refractivity contribution in [2.45, 2.75) is 66.1 Å². The average Bonchev–Trinajstić information content (AvgIpc) is 2.53. The lowest BCUT2D eigenvalue weighted by Crippen LogP contribution is -2.24. The van der Waals surface area contributed by atoms with E-state index < -0.39 is 12.3 Å². The third kappa shape index (κ3) is 8.57. The maximum atomic E-state index is 12.2. The third-order valence-corrected chi connectivity index (χ3v) is 3.53. The largest absolute Gasteiger partial charge is 0.508 e. The summed E-state index contributed by atoms with van der Waals surface area (Å²) in [7, 11) is 0. The van der Waals surface area contributed by atoms with Crippen LogP contribution in [-0.4, -0.2) is 30.9 Å². The Morgan fingerprint density at radius 3 is 2.12 bits per heavy atom. The van der Waals surface area contributed by atoms with Gasteiger partial charge >= 0.3 is 12.1 Å². The Hall–Kier alpha value is -2.04. The van der Waals surface area contributed by atoms with E-state index in [0.717, 1.165) is 12.8 Å². The van der Waals surface area contributed by atoms with Gasteiger partial charge in [0.2, 0.25) is 0 Å². The van der Waals surface area contributed by atoms with Gasteiger partial charge in [0.05, 0.1) is 12.2 Å². The summed E-state index contributed by atoms with van der Waals surface area (Å²) >= 11 is 0. The number of hydrogen-bond donors (Lipinski definition) is 0. The monoisotopic (exact) mass is 350 g/mol. The fourth-order valence-corrected chi connectivity index (χ4v) is 2.34. The van der Waals surface area contributed by atoms with Crippen molar-refractivity contribution in [1.82, 2.24) is 0 Å². The lowest BCUT2D eigenvalue weighted by atomic mass is 10.1. The SMILES string of the molecule is CCCc1ccc(C(=O)OC(C)CC(C)OC(=O)OCC(C)C)cc1. The summed E-state index contributed by atoms with van der Waals surface area (Å²) in [5, 5.41) is 0. The Bertz CT molecular complexity index is 536. The number of rotatable bonds is 9. The highest BCUT2D eigenvalue weighted by Crippen LogP contribution is 2.12. The number of benzene rings is 1. The van der Waals surface area contributed by atoms with Crippen LogP contribution in [0.15, 0.2) is 24.3 Å². The zero-order chi connectivity index (χ0) is 18.8. The van der Waals surface area contributed by atoms with E-state index in [1.165, 1.54) is 5.56 Å². The number of aryl methyl sites for hydroxylation is 1. The van der Waals surface area contributed by atoms with Crippen LogP contribution in [0, 0.1) is 5.92 Å². The molecule has 0 saturated carbocycles. The van der Waals surface area contributed by atoms with E-state index in [9.17, 15) is 9.59 Å². The molecule has 0 aromatic heterocycles. The van der Waals surface area contributed by atoms with Crippen molar-refractivity contribution >= 4 is 12.1 Å². The molecule has 0 radical (unpaired) electrons. The number of carbonyl (C=O) groups is 2. The van der Waals surface area contributed by atoms with Crippen LogP contribution in [-0.2, 0) is 20.6 Å². The molecule has 140 valence electrons. The first-order chi connectivity index (χ1) is 11.8. The van der Waals surface area contributed by atoms with Gasteiger partial charge < -0.3 is 14.2 Å². The summed E-state index contributed by atoms with van der Waals surface area (Å²) in [4.78, 5) is 23.7. The molecule has 0 saturated heterocycles. The second-order valence-corrected chi connectivity index (χ2v) is 6.78. The number of ether oxygens (including phenoxy) is 3. The Morgan fingerprint density at radius 2 is 1.56 bits per heavy atom. The van der Waals surface area contributed by atoms with Gasteiger partial charge in [-0.2, -0.15) is 0 Å². The Morgan fingerprint density at radius 1 is 0.960 bits per heavy atom. The molecule has 1 rings (SSSR count). The Balaban J connectivity index is 2.40. The molecule has 5 heteroatoms. The van der Waals surface area contributed by atoms with Crippen LogP contribution in [0.4, 0.5) is 4.79 Å². The predicted molar refractivity (Wildman–Crippen MR) is 96.7 cm³/mol. The summed E-state index contributed by atoms with van der Waals surface area (Å²) in [5.41, 5.74) is 1.73. The summed E-state index contributed by atoms with van der Waals surface area (Å²) < 4.78 is 15.5. The molecule has 0 spiro atoms. The highest BCUT2D eigenvalue weighted by molar-refractivity contribution is 5.89. The fourth-order valence-electron chi connectivity index (χ4n) is 2.34. The zero-order valence-corrected chi connectivity index (χ0v) is 15.9.